The first-order valence-corrected chi connectivity index (χ1v) is 26.7. The van der Waals surface area contributed by atoms with Gasteiger partial charge < -0.3 is 9.13 Å². The van der Waals surface area contributed by atoms with Crippen LogP contribution in [-0.4, -0.2) is 9.13 Å². The lowest BCUT2D eigenvalue weighted by Crippen LogP contribution is -2.10. The molecule has 2 nitrogen and oxygen atoms in total. The Labute approximate surface area is 440 Å². The fraction of sp³-hybridized carbons (Fsp3) is 0.250. The van der Waals surface area contributed by atoms with E-state index < -0.39 is 0 Å². The summed E-state index contributed by atoms with van der Waals surface area (Å²) in [7, 11) is 0. The third-order valence-electron chi connectivity index (χ3n) is 15.8. The third-order valence-corrected chi connectivity index (χ3v) is 15.8. The van der Waals surface area contributed by atoms with Gasteiger partial charge >= 0.3 is 0 Å². The Hall–Kier alpha value is -7.42. The number of hydrogen-bond donors (Lipinski definition) is 0. The van der Waals surface area contributed by atoms with Crippen LogP contribution in [0.2, 0.25) is 0 Å². The molecule has 0 unspecified atom stereocenters. The molecule has 370 valence electrons. The highest BCUT2D eigenvalue weighted by molar-refractivity contribution is 6.11. The molecule has 0 spiro atoms. The molecule has 2 aromatic heterocycles. The molecule has 74 heavy (non-hydrogen) atoms. The number of rotatable bonds is 6. The van der Waals surface area contributed by atoms with Crippen molar-refractivity contribution in [2.24, 2.45) is 0 Å². The van der Waals surface area contributed by atoms with E-state index in [-0.39, 0.29) is 21.7 Å². The lowest BCUT2D eigenvalue weighted by Gasteiger charge is -2.20. The van der Waals surface area contributed by atoms with Gasteiger partial charge in [-0.15, -0.1) is 0 Å². The number of aromatic nitrogens is 2. The average Bonchev–Trinajstić information content (AvgIpc) is 3.87. The summed E-state index contributed by atoms with van der Waals surface area (Å²) in [5.74, 6) is 0. The van der Waals surface area contributed by atoms with Crippen molar-refractivity contribution in [3.05, 3.63) is 215 Å². The van der Waals surface area contributed by atoms with Gasteiger partial charge in [-0.1, -0.05) is 191 Å². The molecule has 0 aliphatic carbocycles. The molecule has 0 fully saturated rings. The van der Waals surface area contributed by atoms with E-state index in [1.807, 2.05) is 0 Å². The highest BCUT2D eigenvalue weighted by Crippen LogP contribution is 2.45. The molecule has 9 aromatic carbocycles. The van der Waals surface area contributed by atoms with E-state index in [9.17, 15) is 0 Å². The zero-order valence-corrected chi connectivity index (χ0v) is 46.2. The summed E-state index contributed by atoms with van der Waals surface area (Å²) in [6.45, 7) is 32.0. The smallest absolute Gasteiger partial charge is 0.0541 e. The van der Waals surface area contributed by atoms with Crippen molar-refractivity contribution in [1.82, 2.24) is 9.13 Å². The standard InChI is InChI=1S/C72H72N2/c1-45-15-19-47(20-16-45)57-43-60(50-25-33-56(34-26-50)74-67-37-29-53(71(9,10)11)41-63(67)64-42-54(72(12,13)14)30-38-68(64)74)58(48-21-17-46(2)18-22-48)44-59(57)49-23-31-55(32-24-49)73-65-35-27-51(69(3,4)5)39-61(65)62-40-52(70(6,7)8)28-36-66(62)73/h15-44H,1-14H3. The van der Waals surface area contributed by atoms with Gasteiger partial charge in [-0.05, 0) is 187 Å². The van der Waals surface area contributed by atoms with E-state index in [0.29, 0.717) is 0 Å². The van der Waals surface area contributed by atoms with Crippen molar-refractivity contribution in [2.75, 3.05) is 0 Å². The second-order valence-corrected chi connectivity index (χ2v) is 25.4. The number of nitrogens with zero attached hydrogens (tertiary/aromatic N) is 2. The van der Waals surface area contributed by atoms with Gasteiger partial charge in [0.2, 0.25) is 0 Å². The fourth-order valence-corrected chi connectivity index (χ4v) is 11.1. The average molecular weight is 965 g/mol. The van der Waals surface area contributed by atoms with Crippen LogP contribution in [-0.2, 0) is 21.7 Å². The van der Waals surface area contributed by atoms with E-state index in [1.165, 1.54) is 122 Å². The highest BCUT2D eigenvalue weighted by Gasteiger charge is 2.24. The third kappa shape index (κ3) is 8.77. The predicted molar refractivity (Wildman–Crippen MR) is 321 cm³/mol. The number of aryl methyl sites for hydroxylation is 2. The first kappa shape index (κ1) is 48.8. The van der Waals surface area contributed by atoms with Gasteiger partial charge in [0, 0.05) is 32.9 Å². The van der Waals surface area contributed by atoms with Gasteiger partial charge in [0.15, 0.2) is 0 Å². The lowest BCUT2D eigenvalue weighted by molar-refractivity contribution is 0.590. The predicted octanol–water partition coefficient (Wildman–Crippen LogP) is 20.4. The SMILES string of the molecule is Cc1ccc(-c2cc(-c3ccc(-n4c5ccc(C(C)(C)C)cc5c5cc(C(C)(C)C)ccc54)cc3)c(-c3ccc(C)cc3)cc2-c2ccc(-n3c4ccc(C(C)(C)C)cc4c4cc(C(C)(C)C)ccc43)cc2)cc1. The van der Waals surface area contributed by atoms with Gasteiger partial charge in [-0.3, -0.25) is 0 Å². The van der Waals surface area contributed by atoms with Crippen molar-refractivity contribution in [3.8, 4) is 55.9 Å². The zero-order valence-electron chi connectivity index (χ0n) is 46.2. The summed E-state index contributed by atoms with van der Waals surface area (Å²) in [5, 5.41) is 5.20. The summed E-state index contributed by atoms with van der Waals surface area (Å²) >= 11 is 0. The zero-order chi connectivity index (χ0) is 52.2. The molecule has 2 heteroatoms. The lowest BCUT2D eigenvalue weighted by atomic mass is 9.85. The minimum atomic E-state index is 0.0406. The Kier molecular flexibility index (Phi) is 11.6. The molecule has 0 saturated carbocycles. The van der Waals surface area contributed by atoms with E-state index in [4.69, 9.17) is 0 Å². The van der Waals surface area contributed by atoms with Crippen LogP contribution in [0, 0.1) is 13.8 Å². The topological polar surface area (TPSA) is 9.86 Å². The largest absolute Gasteiger partial charge is 0.309 e. The van der Waals surface area contributed by atoms with E-state index >= 15 is 0 Å². The first-order valence-electron chi connectivity index (χ1n) is 26.7. The van der Waals surface area contributed by atoms with Crippen LogP contribution < -0.4 is 0 Å². The number of hydrogen-bond acceptors (Lipinski definition) is 0. The molecule has 0 saturated heterocycles. The van der Waals surface area contributed by atoms with Crippen LogP contribution in [0.25, 0.3) is 99.5 Å². The van der Waals surface area contributed by atoms with Crippen LogP contribution in [0.1, 0.15) is 116 Å². The Morgan fingerprint density at radius 3 is 0.676 bits per heavy atom. The number of benzene rings is 9. The minimum Gasteiger partial charge on any atom is -0.309 e. The molecule has 0 bridgehead atoms. The van der Waals surface area contributed by atoms with Crippen molar-refractivity contribution in [1.29, 1.82) is 0 Å². The highest BCUT2D eigenvalue weighted by atomic mass is 15.0. The van der Waals surface area contributed by atoms with Crippen molar-refractivity contribution in [3.63, 3.8) is 0 Å². The Bertz CT molecular complexity index is 3530. The fourth-order valence-electron chi connectivity index (χ4n) is 11.1. The molecule has 2 heterocycles. The molecule has 0 atom stereocenters. The van der Waals surface area contributed by atoms with Crippen LogP contribution in [0.4, 0.5) is 0 Å². The molecule has 0 aliphatic rings. The molecule has 0 aliphatic heterocycles. The van der Waals surface area contributed by atoms with Crippen LogP contribution in [0.5, 0.6) is 0 Å². The van der Waals surface area contributed by atoms with Gasteiger partial charge in [0.1, 0.15) is 0 Å². The summed E-state index contributed by atoms with van der Waals surface area (Å²) in [6, 6.07) is 70.0. The summed E-state index contributed by atoms with van der Waals surface area (Å²) in [5.41, 5.74) is 24.9. The molecule has 0 N–H and O–H groups in total. The van der Waals surface area contributed by atoms with Crippen molar-refractivity contribution < 1.29 is 0 Å². The monoisotopic (exact) mass is 965 g/mol. The van der Waals surface area contributed by atoms with Gasteiger partial charge in [-0.25, -0.2) is 0 Å². The number of fused-ring (bicyclic) bond motifs is 6. The Morgan fingerprint density at radius 2 is 0.459 bits per heavy atom. The maximum absolute atomic E-state index is 2.46. The quantitative estimate of drug-likeness (QED) is 0.157. The minimum absolute atomic E-state index is 0.0406. The second-order valence-electron chi connectivity index (χ2n) is 25.4. The van der Waals surface area contributed by atoms with E-state index in [2.05, 4.69) is 288 Å². The van der Waals surface area contributed by atoms with Crippen LogP contribution in [0.3, 0.4) is 0 Å². The van der Waals surface area contributed by atoms with Gasteiger partial charge in [-0.2, -0.15) is 0 Å². The van der Waals surface area contributed by atoms with Crippen LogP contribution >= 0.6 is 0 Å². The van der Waals surface area contributed by atoms with Gasteiger partial charge in [0.25, 0.3) is 0 Å². The summed E-state index contributed by atoms with van der Waals surface area (Å²) in [6.07, 6.45) is 0. The summed E-state index contributed by atoms with van der Waals surface area (Å²) in [4.78, 5) is 0. The van der Waals surface area contributed by atoms with Crippen molar-refractivity contribution in [2.45, 2.75) is 119 Å². The normalized spacial score (nSPS) is 12.7. The molecule has 11 rings (SSSR count). The molecular weight excluding hydrogens is 893 g/mol. The van der Waals surface area contributed by atoms with E-state index in [1.54, 1.807) is 0 Å². The second kappa shape index (κ2) is 17.6. The maximum atomic E-state index is 2.46. The van der Waals surface area contributed by atoms with Gasteiger partial charge in [0.05, 0.1) is 22.1 Å². The Balaban J connectivity index is 1.07. The van der Waals surface area contributed by atoms with E-state index in [0.717, 1.165) is 11.4 Å². The molecular formula is C72H72N2. The summed E-state index contributed by atoms with van der Waals surface area (Å²) < 4.78 is 4.93. The Morgan fingerprint density at radius 1 is 0.243 bits per heavy atom. The maximum Gasteiger partial charge on any atom is 0.0541 e. The van der Waals surface area contributed by atoms with Crippen molar-refractivity contribution >= 4 is 43.6 Å². The first-order chi connectivity index (χ1) is 35.0. The molecule has 0 radical (unpaired) electrons. The molecule has 0 amide bonds. The van der Waals surface area contributed by atoms with Crippen LogP contribution in [0.15, 0.2) is 182 Å². The molecule has 11 aromatic rings.